The summed E-state index contributed by atoms with van der Waals surface area (Å²) in [6.07, 6.45) is 8.06. The molecule has 6 aromatic carbocycles. The van der Waals surface area contributed by atoms with Crippen LogP contribution >= 0.6 is 0 Å². The van der Waals surface area contributed by atoms with E-state index >= 15 is 0 Å². The molecule has 9 aromatic rings. The van der Waals surface area contributed by atoms with Crippen LogP contribution in [0.3, 0.4) is 0 Å². The third-order valence-corrected chi connectivity index (χ3v) is 10.6. The number of allylic oxidation sites excluding steroid dienone is 2. The van der Waals surface area contributed by atoms with Gasteiger partial charge in [-0.05, 0) is 87.0 Å². The van der Waals surface area contributed by atoms with Crippen molar-refractivity contribution >= 4 is 27.4 Å². The Balaban J connectivity index is 1.00. The first-order valence-corrected chi connectivity index (χ1v) is 19.0. The van der Waals surface area contributed by atoms with E-state index in [2.05, 4.69) is 186 Å². The molecular weight excluding hydrogens is 681 g/mol. The summed E-state index contributed by atoms with van der Waals surface area (Å²) in [7, 11) is 0. The summed E-state index contributed by atoms with van der Waals surface area (Å²) in [4.78, 5) is 14.8. The van der Waals surface area contributed by atoms with E-state index < -0.39 is 0 Å². The highest BCUT2D eigenvalue weighted by atomic mass is 14.9. The first kappa shape index (κ1) is 33.2. The molecule has 0 bridgehead atoms. The molecule has 0 spiro atoms. The Kier molecular flexibility index (Phi) is 8.54. The van der Waals surface area contributed by atoms with E-state index in [1.54, 1.807) is 0 Å². The van der Waals surface area contributed by atoms with Crippen molar-refractivity contribution in [2.24, 2.45) is 0 Å². The Bertz CT molecular complexity index is 2930. The van der Waals surface area contributed by atoms with Crippen molar-refractivity contribution in [2.45, 2.75) is 0 Å². The van der Waals surface area contributed by atoms with Crippen LogP contribution in [0.5, 0.6) is 0 Å². The van der Waals surface area contributed by atoms with E-state index in [0.717, 1.165) is 73.6 Å². The van der Waals surface area contributed by atoms with Crippen molar-refractivity contribution in [3.8, 4) is 67.2 Å². The number of hydrogen-bond donors (Lipinski definition) is 1. The van der Waals surface area contributed by atoms with Gasteiger partial charge < -0.3 is 5.32 Å². The van der Waals surface area contributed by atoms with Crippen molar-refractivity contribution in [3.05, 3.63) is 206 Å². The Labute approximate surface area is 326 Å². The van der Waals surface area contributed by atoms with Crippen LogP contribution in [0.15, 0.2) is 200 Å². The highest BCUT2D eigenvalue weighted by Gasteiger charge is 2.16. The summed E-state index contributed by atoms with van der Waals surface area (Å²) in [5.74, 6) is 0. The normalized spacial score (nSPS) is 12.4. The van der Waals surface area contributed by atoms with Crippen LogP contribution in [0.25, 0.3) is 94.5 Å². The highest BCUT2D eigenvalue weighted by Crippen LogP contribution is 2.40. The number of pyridine rings is 3. The van der Waals surface area contributed by atoms with Crippen LogP contribution in [0.2, 0.25) is 0 Å². The predicted octanol–water partition coefficient (Wildman–Crippen LogP) is 12.7. The maximum absolute atomic E-state index is 5.26. The SMILES string of the molecule is C1=CCNC(c2cc(-c3ccc(-c4ccc(-c5cccc6c(-c7cccc(-c8ccccc8)c7)nc7ccccc7c56)cc4)cc3)cc(-c3ccccn3)n2)=C1. The molecule has 4 nitrogen and oxygen atoms in total. The summed E-state index contributed by atoms with van der Waals surface area (Å²) in [5.41, 5.74) is 16.0. The molecule has 1 aliphatic heterocycles. The van der Waals surface area contributed by atoms with Gasteiger partial charge in [-0.3, -0.25) is 4.98 Å². The number of dihydropyridines is 1. The van der Waals surface area contributed by atoms with Gasteiger partial charge in [0.05, 0.1) is 34.0 Å². The molecule has 56 heavy (non-hydrogen) atoms. The molecule has 264 valence electrons. The van der Waals surface area contributed by atoms with Crippen LogP contribution in [0.1, 0.15) is 5.69 Å². The lowest BCUT2D eigenvalue weighted by Gasteiger charge is -2.15. The van der Waals surface area contributed by atoms with E-state index in [9.17, 15) is 0 Å². The fraction of sp³-hybridized carbons (Fsp3) is 0.0192. The van der Waals surface area contributed by atoms with Gasteiger partial charge in [0.15, 0.2) is 0 Å². The summed E-state index contributed by atoms with van der Waals surface area (Å²) in [6.45, 7) is 0.781. The summed E-state index contributed by atoms with van der Waals surface area (Å²) < 4.78 is 0. The molecular formula is C52H36N4. The largest absolute Gasteiger partial charge is 0.380 e. The molecule has 0 unspecified atom stereocenters. The number of para-hydroxylation sites is 1. The van der Waals surface area contributed by atoms with Gasteiger partial charge in [-0.15, -0.1) is 0 Å². The maximum atomic E-state index is 5.26. The van der Waals surface area contributed by atoms with Gasteiger partial charge in [0, 0.05) is 34.5 Å². The zero-order valence-electron chi connectivity index (χ0n) is 30.6. The Morgan fingerprint density at radius 1 is 0.429 bits per heavy atom. The number of nitrogens with zero attached hydrogens (tertiary/aromatic N) is 3. The molecule has 0 aliphatic carbocycles. The Morgan fingerprint density at radius 3 is 1.84 bits per heavy atom. The molecule has 10 rings (SSSR count). The van der Waals surface area contributed by atoms with Gasteiger partial charge in [-0.1, -0.05) is 152 Å². The zero-order valence-corrected chi connectivity index (χ0v) is 30.6. The second kappa shape index (κ2) is 14.4. The monoisotopic (exact) mass is 716 g/mol. The van der Waals surface area contributed by atoms with E-state index in [1.165, 1.54) is 33.2 Å². The second-order valence-corrected chi connectivity index (χ2v) is 14.0. The molecule has 0 radical (unpaired) electrons. The minimum absolute atomic E-state index is 0.781. The molecule has 3 aromatic heterocycles. The van der Waals surface area contributed by atoms with Gasteiger partial charge in [-0.25, -0.2) is 9.97 Å². The Morgan fingerprint density at radius 2 is 1.07 bits per heavy atom. The minimum atomic E-state index is 0.781. The molecule has 4 heteroatoms. The third-order valence-electron chi connectivity index (χ3n) is 10.6. The highest BCUT2D eigenvalue weighted by molar-refractivity contribution is 6.17. The van der Waals surface area contributed by atoms with Crippen molar-refractivity contribution < 1.29 is 0 Å². The van der Waals surface area contributed by atoms with E-state index in [-0.39, 0.29) is 0 Å². The first-order valence-electron chi connectivity index (χ1n) is 19.0. The summed E-state index contributed by atoms with van der Waals surface area (Å²) in [6, 6.07) is 62.4. The number of fused-ring (bicyclic) bond motifs is 3. The quantitative estimate of drug-likeness (QED) is 0.167. The number of rotatable bonds is 7. The van der Waals surface area contributed by atoms with Gasteiger partial charge in [0.25, 0.3) is 0 Å². The number of aromatic nitrogens is 3. The maximum Gasteiger partial charge on any atom is 0.0900 e. The topological polar surface area (TPSA) is 50.7 Å². The summed E-state index contributed by atoms with van der Waals surface area (Å²) >= 11 is 0. The van der Waals surface area contributed by atoms with Crippen LogP contribution in [-0.4, -0.2) is 21.5 Å². The van der Waals surface area contributed by atoms with E-state index in [0.29, 0.717) is 0 Å². The lowest BCUT2D eigenvalue weighted by atomic mass is 9.91. The number of hydrogen-bond acceptors (Lipinski definition) is 4. The average molecular weight is 717 g/mol. The average Bonchev–Trinajstić information content (AvgIpc) is 3.29. The molecule has 0 amide bonds. The molecule has 1 N–H and O–H groups in total. The predicted molar refractivity (Wildman–Crippen MR) is 233 cm³/mol. The lowest BCUT2D eigenvalue weighted by molar-refractivity contribution is 0.981. The van der Waals surface area contributed by atoms with E-state index in [4.69, 9.17) is 9.97 Å². The van der Waals surface area contributed by atoms with Crippen molar-refractivity contribution in [2.75, 3.05) is 6.54 Å². The summed E-state index contributed by atoms with van der Waals surface area (Å²) in [5, 5.41) is 6.97. The fourth-order valence-electron chi connectivity index (χ4n) is 7.75. The van der Waals surface area contributed by atoms with E-state index in [1.807, 2.05) is 24.4 Å². The van der Waals surface area contributed by atoms with Gasteiger partial charge in [-0.2, -0.15) is 0 Å². The van der Waals surface area contributed by atoms with Crippen LogP contribution < -0.4 is 5.32 Å². The number of benzene rings is 6. The van der Waals surface area contributed by atoms with Crippen LogP contribution in [0.4, 0.5) is 0 Å². The molecule has 1 aliphatic rings. The van der Waals surface area contributed by atoms with Gasteiger partial charge in [0.2, 0.25) is 0 Å². The van der Waals surface area contributed by atoms with Crippen molar-refractivity contribution in [1.82, 2.24) is 20.3 Å². The van der Waals surface area contributed by atoms with Crippen molar-refractivity contribution in [1.29, 1.82) is 0 Å². The zero-order chi connectivity index (χ0) is 37.3. The standard InChI is InChI=1S/C52H36N4/c1-2-12-35(13-3-1)40-14-10-15-41(32-40)52-45-18-11-17-43(51(45)44-16-4-5-19-46(44)56-52)39-28-26-37(27-29-39)36-22-24-38(25-23-36)42-33-49(47-20-6-8-30-53-47)55-50(34-42)48-21-7-9-31-54-48/h1-30,32-34,54H,31H2. The van der Waals surface area contributed by atoms with Gasteiger partial charge in [0.1, 0.15) is 0 Å². The second-order valence-electron chi connectivity index (χ2n) is 14.0. The Hall–Kier alpha value is -7.43. The molecule has 0 fully saturated rings. The van der Waals surface area contributed by atoms with Gasteiger partial charge >= 0.3 is 0 Å². The van der Waals surface area contributed by atoms with Crippen molar-refractivity contribution in [3.63, 3.8) is 0 Å². The minimum Gasteiger partial charge on any atom is -0.380 e. The van der Waals surface area contributed by atoms with Crippen LogP contribution in [0, 0.1) is 0 Å². The smallest absolute Gasteiger partial charge is 0.0900 e. The molecule has 0 saturated carbocycles. The fourth-order valence-corrected chi connectivity index (χ4v) is 7.75. The molecule has 0 saturated heterocycles. The lowest BCUT2D eigenvalue weighted by Crippen LogP contribution is -2.15. The number of nitrogens with one attached hydrogen (secondary N) is 1. The van der Waals surface area contributed by atoms with Crippen LogP contribution in [-0.2, 0) is 0 Å². The molecule has 4 heterocycles. The third kappa shape index (κ3) is 6.33. The first-order chi connectivity index (χ1) is 27.7. The molecule has 0 atom stereocenters.